The van der Waals surface area contributed by atoms with Gasteiger partial charge in [-0.3, -0.25) is 4.79 Å². The number of oxime groups is 1. The topological polar surface area (TPSA) is 38.7 Å². The molecule has 1 unspecified atom stereocenters. The third-order valence-electron chi connectivity index (χ3n) is 5.19. The van der Waals surface area contributed by atoms with Gasteiger partial charge in [-0.2, -0.15) is 0 Å². The number of Topliss-reactive ketones (excluding diaryl/α,β-unsaturated/α-hetero) is 1. The van der Waals surface area contributed by atoms with Gasteiger partial charge in [-0.05, 0) is 19.3 Å². The van der Waals surface area contributed by atoms with E-state index in [4.69, 9.17) is 4.84 Å². The molecule has 0 aromatic carbocycles. The van der Waals surface area contributed by atoms with Crippen LogP contribution in [0, 0.1) is 0 Å². The molecule has 1 atom stereocenters. The summed E-state index contributed by atoms with van der Waals surface area (Å²) >= 11 is 0. The van der Waals surface area contributed by atoms with Gasteiger partial charge in [0.15, 0.2) is 5.78 Å². The van der Waals surface area contributed by atoms with Crippen molar-refractivity contribution in [2.75, 3.05) is 0 Å². The Morgan fingerprint density at radius 1 is 0.840 bits per heavy atom. The number of hydrogen-bond acceptors (Lipinski definition) is 3. The van der Waals surface area contributed by atoms with Crippen molar-refractivity contribution in [2.45, 2.75) is 129 Å². The van der Waals surface area contributed by atoms with Crippen LogP contribution in [0.3, 0.4) is 0 Å². The van der Waals surface area contributed by atoms with E-state index >= 15 is 0 Å². The number of carbonyl (C=O) groups is 1. The van der Waals surface area contributed by atoms with Crippen LogP contribution >= 0.6 is 0 Å². The van der Waals surface area contributed by atoms with Gasteiger partial charge in [0.2, 0.25) is 0 Å². The maximum atomic E-state index is 12.2. The molecule has 1 heterocycles. The average molecular weight is 352 g/mol. The van der Waals surface area contributed by atoms with Crippen molar-refractivity contribution in [3.8, 4) is 0 Å². The number of ketones is 1. The molecule has 3 heteroatoms. The molecule has 0 saturated heterocycles. The average Bonchev–Trinajstić information content (AvgIpc) is 3.09. The first-order chi connectivity index (χ1) is 12.3. The van der Waals surface area contributed by atoms with Gasteiger partial charge in [-0.1, -0.05) is 96.1 Å². The summed E-state index contributed by atoms with van der Waals surface area (Å²) in [4.78, 5) is 17.6. The fourth-order valence-electron chi connectivity index (χ4n) is 3.46. The molecular weight excluding hydrogens is 310 g/mol. The summed E-state index contributed by atoms with van der Waals surface area (Å²) in [6.07, 6.45) is 20.6. The standard InChI is InChI=1S/C22H41NO2/c1-3-5-7-9-10-11-12-13-14-16-18-22(24)21-19-20(25-23-21)17-15-8-6-4-2/h20H,3-19H2,1-2H3. The van der Waals surface area contributed by atoms with Gasteiger partial charge < -0.3 is 4.84 Å². The lowest BCUT2D eigenvalue weighted by Crippen LogP contribution is -2.15. The van der Waals surface area contributed by atoms with Crippen LogP contribution in [-0.2, 0) is 9.63 Å². The van der Waals surface area contributed by atoms with E-state index in [0.29, 0.717) is 12.1 Å². The van der Waals surface area contributed by atoms with Crippen molar-refractivity contribution in [1.29, 1.82) is 0 Å². The molecule has 0 fully saturated rings. The minimum absolute atomic E-state index is 0.156. The fraction of sp³-hybridized carbons (Fsp3) is 0.909. The fourth-order valence-corrected chi connectivity index (χ4v) is 3.46. The first kappa shape index (κ1) is 22.2. The van der Waals surface area contributed by atoms with Crippen LogP contribution in [0.2, 0.25) is 0 Å². The van der Waals surface area contributed by atoms with E-state index in [9.17, 15) is 4.79 Å². The summed E-state index contributed by atoms with van der Waals surface area (Å²) in [6.45, 7) is 4.48. The van der Waals surface area contributed by atoms with E-state index in [-0.39, 0.29) is 11.9 Å². The van der Waals surface area contributed by atoms with E-state index < -0.39 is 0 Å². The first-order valence-corrected chi connectivity index (χ1v) is 11.0. The van der Waals surface area contributed by atoms with E-state index in [1.54, 1.807) is 0 Å². The first-order valence-electron chi connectivity index (χ1n) is 11.0. The summed E-state index contributed by atoms with van der Waals surface area (Å²) in [5.74, 6) is 0.218. The lowest BCUT2D eigenvalue weighted by atomic mass is 10.00. The monoisotopic (exact) mass is 351 g/mol. The van der Waals surface area contributed by atoms with Crippen molar-refractivity contribution in [2.24, 2.45) is 5.16 Å². The molecule has 0 aromatic heterocycles. The van der Waals surface area contributed by atoms with Gasteiger partial charge in [-0.15, -0.1) is 0 Å². The predicted octanol–water partition coefficient (Wildman–Crippen LogP) is 6.98. The number of rotatable bonds is 17. The van der Waals surface area contributed by atoms with Crippen LogP contribution in [-0.4, -0.2) is 17.6 Å². The van der Waals surface area contributed by atoms with Crippen LogP contribution < -0.4 is 0 Å². The summed E-state index contributed by atoms with van der Waals surface area (Å²) in [7, 11) is 0. The van der Waals surface area contributed by atoms with Crippen LogP contribution in [0.25, 0.3) is 0 Å². The SMILES string of the molecule is CCCCCCCCCCCCC(=O)C1=NOC(CCCCCC)C1. The second-order valence-corrected chi connectivity index (χ2v) is 7.67. The highest BCUT2D eigenvalue weighted by Gasteiger charge is 2.24. The van der Waals surface area contributed by atoms with Crippen molar-refractivity contribution < 1.29 is 9.63 Å². The predicted molar refractivity (Wildman–Crippen MR) is 107 cm³/mol. The lowest BCUT2D eigenvalue weighted by molar-refractivity contribution is -0.113. The molecule has 25 heavy (non-hydrogen) atoms. The summed E-state index contributed by atoms with van der Waals surface area (Å²) in [5.41, 5.74) is 0.691. The van der Waals surface area contributed by atoms with Gasteiger partial charge >= 0.3 is 0 Å². The van der Waals surface area contributed by atoms with Crippen molar-refractivity contribution in [1.82, 2.24) is 0 Å². The summed E-state index contributed by atoms with van der Waals surface area (Å²) in [6, 6.07) is 0. The Balaban J connectivity index is 1.93. The van der Waals surface area contributed by atoms with E-state index in [2.05, 4.69) is 19.0 Å². The van der Waals surface area contributed by atoms with Crippen LogP contribution in [0.4, 0.5) is 0 Å². The number of hydrogen-bond donors (Lipinski definition) is 0. The number of unbranched alkanes of at least 4 members (excludes halogenated alkanes) is 12. The van der Waals surface area contributed by atoms with Crippen LogP contribution in [0.1, 0.15) is 123 Å². The number of nitrogens with zero attached hydrogens (tertiary/aromatic N) is 1. The smallest absolute Gasteiger partial charge is 0.180 e. The van der Waals surface area contributed by atoms with E-state index in [1.165, 1.54) is 83.5 Å². The highest BCUT2D eigenvalue weighted by molar-refractivity contribution is 6.40. The Morgan fingerprint density at radius 2 is 1.36 bits per heavy atom. The molecule has 0 saturated carbocycles. The molecule has 0 spiro atoms. The Labute approximate surface area is 156 Å². The molecule has 1 aliphatic rings. The molecule has 0 radical (unpaired) electrons. The van der Waals surface area contributed by atoms with Crippen LogP contribution in [0.15, 0.2) is 5.16 Å². The largest absolute Gasteiger partial charge is 0.392 e. The third kappa shape index (κ3) is 11.4. The maximum absolute atomic E-state index is 12.2. The lowest BCUT2D eigenvalue weighted by Gasteiger charge is -2.06. The Hall–Kier alpha value is -0.860. The Bertz CT molecular complexity index is 365. The molecule has 0 aliphatic carbocycles. The summed E-state index contributed by atoms with van der Waals surface area (Å²) in [5, 5.41) is 4.05. The van der Waals surface area contributed by atoms with E-state index in [1.807, 2.05) is 0 Å². The normalized spacial score (nSPS) is 16.7. The molecule has 0 amide bonds. The second-order valence-electron chi connectivity index (χ2n) is 7.67. The van der Waals surface area contributed by atoms with Crippen LogP contribution in [0.5, 0.6) is 0 Å². The van der Waals surface area contributed by atoms with Gasteiger partial charge in [0.25, 0.3) is 0 Å². The van der Waals surface area contributed by atoms with Crippen molar-refractivity contribution >= 4 is 11.5 Å². The summed E-state index contributed by atoms with van der Waals surface area (Å²) < 4.78 is 0. The highest BCUT2D eigenvalue weighted by atomic mass is 16.6. The molecule has 1 aliphatic heterocycles. The molecule has 146 valence electrons. The Morgan fingerprint density at radius 3 is 1.96 bits per heavy atom. The number of carbonyl (C=O) groups excluding carboxylic acids is 1. The minimum Gasteiger partial charge on any atom is -0.392 e. The zero-order valence-corrected chi connectivity index (χ0v) is 16.9. The van der Waals surface area contributed by atoms with E-state index in [0.717, 1.165) is 19.3 Å². The van der Waals surface area contributed by atoms with Crippen molar-refractivity contribution in [3.05, 3.63) is 0 Å². The zero-order valence-electron chi connectivity index (χ0n) is 16.9. The quantitative estimate of drug-likeness (QED) is 0.265. The molecule has 0 bridgehead atoms. The minimum atomic E-state index is 0.156. The molecule has 3 nitrogen and oxygen atoms in total. The zero-order chi connectivity index (χ0) is 18.2. The van der Waals surface area contributed by atoms with Gasteiger partial charge in [-0.25, -0.2) is 0 Å². The second kappa shape index (κ2) is 15.4. The molecule has 0 aromatic rings. The Kier molecular flexibility index (Phi) is 13.7. The van der Waals surface area contributed by atoms with Crippen molar-refractivity contribution in [3.63, 3.8) is 0 Å². The van der Waals surface area contributed by atoms with Gasteiger partial charge in [0.05, 0.1) is 0 Å². The highest BCUT2D eigenvalue weighted by Crippen LogP contribution is 2.19. The molecular formula is C22H41NO2. The molecule has 0 N–H and O–H groups in total. The third-order valence-corrected chi connectivity index (χ3v) is 5.19. The molecule has 1 rings (SSSR count). The van der Waals surface area contributed by atoms with Gasteiger partial charge in [0, 0.05) is 12.8 Å². The maximum Gasteiger partial charge on any atom is 0.180 e. The van der Waals surface area contributed by atoms with Gasteiger partial charge in [0.1, 0.15) is 11.8 Å².